The van der Waals surface area contributed by atoms with Gasteiger partial charge in [-0.2, -0.15) is 0 Å². The fraction of sp³-hybridized carbons (Fsp3) is 0.222. The first-order valence-corrected chi connectivity index (χ1v) is 6.94. The fourth-order valence-corrected chi connectivity index (χ4v) is 2.88. The molecular formula is C18H17F2N. The Morgan fingerprint density at radius 1 is 1.00 bits per heavy atom. The van der Waals surface area contributed by atoms with Gasteiger partial charge in [-0.1, -0.05) is 24.3 Å². The zero-order valence-electron chi connectivity index (χ0n) is 12.3. The molecule has 0 atom stereocenters. The van der Waals surface area contributed by atoms with Crippen LogP contribution < -0.4 is 5.32 Å². The lowest BCUT2D eigenvalue weighted by Crippen LogP contribution is -2.31. The minimum absolute atomic E-state index is 0.108. The number of benzene rings is 2. The van der Waals surface area contributed by atoms with E-state index in [1.807, 2.05) is 25.1 Å². The second kappa shape index (κ2) is 4.69. The highest BCUT2D eigenvalue weighted by molar-refractivity contribution is 5.83. The van der Waals surface area contributed by atoms with Gasteiger partial charge in [0.1, 0.15) is 0 Å². The van der Waals surface area contributed by atoms with Crippen molar-refractivity contribution in [3.8, 4) is 11.1 Å². The number of rotatable bonds is 1. The normalized spacial score (nSPS) is 16.0. The predicted octanol–water partition coefficient (Wildman–Crippen LogP) is 5.24. The number of anilines is 1. The second-order valence-corrected chi connectivity index (χ2v) is 6.04. The van der Waals surface area contributed by atoms with E-state index < -0.39 is 11.6 Å². The molecule has 0 radical (unpaired) electrons. The summed E-state index contributed by atoms with van der Waals surface area (Å²) in [6.07, 6.45) is 2.14. The van der Waals surface area contributed by atoms with Crippen molar-refractivity contribution < 1.29 is 8.78 Å². The Hall–Kier alpha value is -2.16. The lowest BCUT2D eigenvalue weighted by molar-refractivity contribution is 0.511. The van der Waals surface area contributed by atoms with Gasteiger partial charge in [0.05, 0.1) is 5.54 Å². The summed E-state index contributed by atoms with van der Waals surface area (Å²) in [7, 11) is 0. The Morgan fingerprint density at radius 3 is 2.52 bits per heavy atom. The third kappa shape index (κ3) is 2.44. The summed E-state index contributed by atoms with van der Waals surface area (Å²) < 4.78 is 27.3. The molecule has 0 amide bonds. The van der Waals surface area contributed by atoms with Gasteiger partial charge in [0.25, 0.3) is 0 Å². The van der Waals surface area contributed by atoms with E-state index in [4.69, 9.17) is 0 Å². The molecule has 0 aromatic heterocycles. The molecule has 0 saturated heterocycles. The number of hydrogen-bond acceptors (Lipinski definition) is 1. The number of fused-ring (bicyclic) bond motifs is 1. The van der Waals surface area contributed by atoms with E-state index in [-0.39, 0.29) is 11.1 Å². The highest BCUT2D eigenvalue weighted by Gasteiger charge is 2.23. The molecule has 0 saturated carbocycles. The van der Waals surface area contributed by atoms with E-state index in [9.17, 15) is 8.78 Å². The van der Waals surface area contributed by atoms with Crippen LogP contribution >= 0.6 is 0 Å². The van der Waals surface area contributed by atoms with Crippen molar-refractivity contribution in [2.24, 2.45) is 0 Å². The Labute approximate surface area is 123 Å². The van der Waals surface area contributed by atoms with Crippen LogP contribution in [0.2, 0.25) is 0 Å². The third-order valence-corrected chi connectivity index (χ3v) is 3.74. The highest BCUT2D eigenvalue weighted by Crippen LogP contribution is 2.36. The van der Waals surface area contributed by atoms with Gasteiger partial charge in [-0.25, -0.2) is 8.78 Å². The molecule has 1 aliphatic heterocycles. The molecule has 0 aliphatic carbocycles. The van der Waals surface area contributed by atoms with Crippen molar-refractivity contribution in [2.45, 2.75) is 26.3 Å². The van der Waals surface area contributed by atoms with Gasteiger partial charge in [-0.15, -0.1) is 0 Å². The van der Waals surface area contributed by atoms with Crippen LogP contribution in [0.25, 0.3) is 16.7 Å². The molecule has 3 rings (SSSR count). The number of allylic oxidation sites excluding steroid dienone is 1. The van der Waals surface area contributed by atoms with Gasteiger partial charge in [0.2, 0.25) is 0 Å². The van der Waals surface area contributed by atoms with Crippen LogP contribution in [0.5, 0.6) is 0 Å². The Morgan fingerprint density at radius 2 is 1.76 bits per heavy atom. The Bertz CT molecular complexity index is 745. The first-order chi connectivity index (χ1) is 9.87. The summed E-state index contributed by atoms with van der Waals surface area (Å²) in [5.41, 5.74) is 4.03. The maximum Gasteiger partial charge on any atom is 0.166 e. The predicted molar refractivity (Wildman–Crippen MR) is 83.1 cm³/mol. The summed E-state index contributed by atoms with van der Waals surface area (Å²) in [6.45, 7) is 6.23. The maximum atomic E-state index is 13.9. The first kappa shape index (κ1) is 13.8. The van der Waals surface area contributed by atoms with Crippen LogP contribution in [-0.4, -0.2) is 5.54 Å². The van der Waals surface area contributed by atoms with Crippen molar-refractivity contribution in [1.82, 2.24) is 0 Å². The van der Waals surface area contributed by atoms with E-state index in [0.717, 1.165) is 22.9 Å². The van der Waals surface area contributed by atoms with Crippen LogP contribution in [0.4, 0.5) is 14.5 Å². The van der Waals surface area contributed by atoms with Crippen molar-refractivity contribution in [1.29, 1.82) is 0 Å². The summed E-state index contributed by atoms with van der Waals surface area (Å²) in [5, 5.41) is 3.43. The van der Waals surface area contributed by atoms with Crippen molar-refractivity contribution in [2.75, 3.05) is 5.32 Å². The molecule has 0 unspecified atom stereocenters. The van der Waals surface area contributed by atoms with E-state index in [0.29, 0.717) is 5.56 Å². The van der Waals surface area contributed by atoms with Crippen LogP contribution in [0.3, 0.4) is 0 Å². The van der Waals surface area contributed by atoms with Crippen molar-refractivity contribution >= 4 is 11.3 Å². The number of hydrogen-bond donors (Lipinski definition) is 1. The molecule has 3 heteroatoms. The maximum absolute atomic E-state index is 13.9. The van der Waals surface area contributed by atoms with Gasteiger partial charge in [-0.3, -0.25) is 0 Å². The third-order valence-electron chi connectivity index (χ3n) is 3.74. The number of halogens is 2. The van der Waals surface area contributed by atoms with Gasteiger partial charge in [-0.05, 0) is 50.1 Å². The number of nitrogens with one attached hydrogen (secondary N) is 1. The lowest BCUT2D eigenvalue weighted by Gasteiger charge is -2.31. The van der Waals surface area contributed by atoms with Crippen molar-refractivity contribution in [3.63, 3.8) is 0 Å². The summed E-state index contributed by atoms with van der Waals surface area (Å²) in [5.74, 6) is -1.63. The van der Waals surface area contributed by atoms with Crippen LogP contribution in [-0.2, 0) is 0 Å². The Balaban J connectivity index is 2.13. The molecule has 0 bridgehead atoms. The van der Waals surface area contributed by atoms with E-state index >= 15 is 0 Å². The summed E-state index contributed by atoms with van der Waals surface area (Å²) in [4.78, 5) is 0. The molecular weight excluding hydrogens is 268 g/mol. The van der Waals surface area contributed by atoms with Crippen LogP contribution in [0.1, 0.15) is 26.3 Å². The quantitative estimate of drug-likeness (QED) is 0.755. The monoisotopic (exact) mass is 285 g/mol. The van der Waals surface area contributed by atoms with Crippen LogP contribution in [0, 0.1) is 11.6 Å². The SMILES string of the molecule is CC1=CC(C)(C)Nc2ccc(-c3cccc(F)c3F)cc21. The van der Waals surface area contributed by atoms with Gasteiger partial charge >= 0.3 is 0 Å². The average Bonchev–Trinajstić information content (AvgIpc) is 2.40. The molecule has 21 heavy (non-hydrogen) atoms. The first-order valence-electron chi connectivity index (χ1n) is 6.94. The molecule has 0 spiro atoms. The van der Waals surface area contributed by atoms with Crippen molar-refractivity contribution in [3.05, 3.63) is 59.7 Å². The minimum atomic E-state index is -0.822. The molecule has 108 valence electrons. The molecule has 1 nitrogen and oxygen atoms in total. The molecule has 0 fully saturated rings. The lowest BCUT2D eigenvalue weighted by atomic mass is 9.89. The second-order valence-electron chi connectivity index (χ2n) is 6.04. The largest absolute Gasteiger partial charge is 0.376 e. The summed E-state index contributed by atoms with van der Waals surface area (Å²) >= 11 is 0. The highest BCUT2D eigenvalue weighted by atomic mass is 19.2. The molecule has 2 aromatic carbocycles. The minimum Gasteiger partial charge on any atom is -0.376 e. The van der Waals surface area contributed by atoms with E-state index in [1.54, 1.807) is 6.07 Å². The van der Waals surface area contributed by atoms with E-state index in [1.165, 1.54) is 6.07 Å². The van der Waals surface area contributed by atoms with Gasteiger partial charge in [0.15, 0.2) is 11.6 Å². The molecule has 2 aromatic rings. The standard InChI is InChI=1S/C18H17F2N/c1-11-10-18(2,3)21-16-8-7-12(9-14(11)16)13-5-4-6-15(19)17(13)20/h4-10,21H,1-3H3. The van der Waals surface area contributed by atoms with Gasteiger partial charge in [0, 0.05) is 16.8 Å². The summed E-state index contributed by atoms with van der Waals surface area (Å²) in [6, 6.07) is 9.90. The Kier molecular flexibility index (Phi) is 3.08. The smallest absolute Gasteiger partial charge is 0.166 e. The van der Waals surface area contributed by atoms with Crippen LogP contribution in [0.15, 0.2) is 42.5 Å². The van der Waals surface area contributed by atoms with E-state index in [2.05, 4.69) is 25.2 Å². The van der Waals surface area contributed by atoms with Gasteiger partial charge < -0.3 is 5.32 Å². The topological polar surface area (TPSA) is 12.0 Å². The molecule has 1 heterocycles. The fourth-order valence-electron chi connectivity index (χ4n) is 2.88. The molecule has 1 N–H and O–H groups in total. The molecule has 1 aliphatic rings. The zero-order chi connectivity index (χ0) is 15.2. The zero-order valence-corrected chi connectivity index (χ0v) is 12.3. The average molecular weight is 285 g/mol.